The van der Waals surface area contributed by atoms with Gasteiger partial charge in [0.2, 0.25) is 5.91 Å². The van der Waals surface area contributed by atoms with Gasteiger partial charge in [-0.2, -0.15) is 5.06 Å². The maximum atomic E-state index is 12.1. The van der Waals surface area contributed by atoms with Crippen molar-refractivity contribution >= 4 is 5.91 Å². The van der Waals surface area contributed by atoms with Gasteiger partial charge in [0.05, 0.1) is 12.6 Å². The van der Waals surface area contributed by atoms with Crippen molar-refractivity contribution in [2.75, 3.05) is 19.7 Å². The van der Waals surface area contributed by atoms with Crippen LogP contribution in [0.5, 0.6) is 0 Å². The van der Waals surface area contributed by atoms with E-state index in [-0.39, 0.29) is 6.61 Å². The number of rotatable bonds is 2. The van der Waals surface area contributed by atoms with Gasteiger partial charge in [0.15, 0.2) is 6.23 Å². The van der Waals surface area contributed by atoms with Crippen molar-refractivity contribution in [3.63, 3.8) is 0 Å². The number of hydroxylamine groups is 2. The summed E-state index contributed by atoms with van der Waals surface area (Å²) in [4.78, 5) is 13.6. The molecule has 0 spiro atoms. The monoisotopic (exact) mass is 289 g/mol. The fourth-order valence-electron chi connectivity index (χ4n) is 2.99. The van der Waals surface area contributed by atoms with Gasteiger partial charge >= 0.3 is 0 Å². The second-order valence-electron chi connectivity index (χ2n) is 5.66. The predicted molar refractivity (Wildman–Crippen MR) is 63.3 cm³/mol. The number of ether oxygens (including phenoxy) is 1. The van der Waals surface area contributed by atoms with Gasteiger partial charge in [-0.3, -0.25) is 4.79 Å². The van der Waals surface area contributed by atoms with Crippen molar-refractivity contribution < 1.29 is 30.1 Å². The summed E-state index contributed by atoms with van der Waals surface area (Å²) in [5, 5.41) is 40.9. The van der Waals surface area contributed by atoms with Gasteiger partial charge in [0, 0.05) is 13.1 Å². The van der Waals surface area contributed by atoms with E-state index in [4.69, 9.17) is 10.5 Å². The maximum Gasteiger partial charge on any atom is 0.241 e. The van der Waals surface area contributed by atoms with E-state index in [1.165, 1.54) is 4.90 Å². The summed E-state index contributed by atoms with van der Waals surface area (Å²) in [5.41, 5.74) is 3.91. The lowest BCUT2D eigenvalue weighted by Gasteiger charge is -2.47. The summed E-state index contributed by atoms with van der Waals surface area (Å²) < 4.78 is 5.07. The molecule has 3 fully saturated rings. The number of aliphatic hydroxyl groups is 3. The van der Waals surface area contributed by atoms with Gasteiger partial charge in [-0.25, -0.2) is 0 Å². The van der Waals surface area contributed by atoms with E-state index in [0.29, 0.717) is 18.2 Å². The molecule has 3 aliphatic heterocycles. The molecule has 0 saturated carbocycles. The van der Waals surface area contributed by atoms with Crippen LogP contribution in [0.2, 0.25) is 0 Å². The average molecular weight is 289 g/mol. The summed E-state index contributed by atoms with van der Waals surface area (Å²) in [6.07, 6.45) is -3.38. The Morgan fingerprint density at radius 1 is 1.35 bits per heavy atom. The van der Waals surface area contributed by atoms with Crippen LogP contribution in [-0.4, -0.2) is 92.2 Å². The highest BCUT2D eigenvalue weighted by molar-refractivity contribution is 5.83. The number of aliphatic hydroxyl groups excluding tert-OH is 2. The smallest absolute Gasteiger partial charge is 0.241 e. The Hall–Kier alpha value is -0.810. The van der Waals surface area contributed by atoms with E-state index in [1.54, 1.807) is 0 Å². The minimum atomic E-state index is -1.93. The first kappa shape index (κ1) is 14.1. The van der Waals surface area contributed by atoms with Gasteiger partial charge in [0.1, 0.15) is 23.9 Å². The van der Waals surface area contributed by atoms with Crippen LogP contribution in [0.25, 0.3) is 0 Å². The zero-order chi connectivity index (χ0) is 14.7. The van der Waals surface area contributed by atoms with Gasteiger partial charge in [-0.15, -0.1) is 0 Å². The van der Waals surface area contributed by atoms with Crippen LogP contribution in [0.15, 0.2) is 0 Å². The number of carbonyl (C=O) groups excluding carboxylic acids is 1. The molecular weight excluding hydrogens is 270 g/mol. The van der Waals surface area contributed by atoms with Crippen molar-refractivity contribution in [2.24, 2.45) is 5.73 Å². The molecule has 9 heteroatoms. The summed E-state index contributed by atoms with van der Waals surface area (Å²) in [6, 6.07) is -2.44. The van der Waals surface area contributed by atoms with Gasteiger partial charge in [-0.1, -0.05) is 0 Å². The third-order valence-electron chi connectivity index (χ3n) is 4.49. The van der Waals surface area contributed by atoms with Crippen LogP contribution >= 0.6 is 0 Å². The highest BCUT2D eigenvalue weighted by Crippen LogP contribution is 2.38. The molecule has 9 nitrogen and oxygen atoms in total. The number of piperidine rings is 1. The Kier molecular flexibility index (Phi) is 3.25. The first-order chi connectivity index (χ1) is 9.38. The Morgan fingerprint density at radius 2 is 2.00 bits per heavy atom. The van der Waals surface area contributed by atoms with Crippen LogP contribution in [0, 0.1) is 0 Å². The molecule has 114 valence electrons. The topological polar surface area (TPSA) is 140 Å². The number of fused-ring (bicyclic) bond motifs is 2. The second kappa shape index (κ2) is 4.60. The molecule has 0 aromatic carbocycles. The zero-order valence-electron chi connectivity index (χ0n) is 10.8. The van der Waals surface area contributed by atoms with Crippen LogP contribution in [0.4, 0.5) is 0 Å². The normalized spacial score (nSPS) is 46.1. The molecule has 0 radical (unpaired) electrons. The summed E-state index contributed by atoms with van der Waals surface area (Å²) in [6.45, 7) is 0.847. The third-order valence-corrected chi connectivity index (χ3v) is 4.49. The highest BCUT2D eigenvalue weighted by Gasteiger charge is 2.64. The van der Waals surface area contributed by atoms with Gasteiger partial charge in [0.25, 0.3) is 0 Å². The Balaban J connectivity index is 1.83. The van der Waals surface area contributed by atoms with Crippen molar-refractivity contribution in [3.8, 4) is 0 Å². The lowest BCUT2D eigenvalue weighted by Crippen LogP contribution is -2.74. The molecule has 3 aliphatic rings. The molecular formula is C11H19N3O6. The zero-order valence-corrected chi connectivity index (χ0v) is 10.8. The average Bonchev–Trinajstić information content (AvgIpc) is 2.59. The van der Waals surface area contributed by atoms with Crippen molar-refractivity contribution in [3.05, 3.63) is 0 Å². The van der Waals surface area contributed by atoms with Crippen LogP contribution in [0.3, 0.4) is 0 Å². The largest absolute Gasteiger partial charge is 0.388 e. The van der Waals surface area contributed by atoms with Crippen LogP contribution < -0.4 is 5.73 Å². The predicted octanol–water partition coefficient (Wildman–Crippen LogP) is -3.57. The number of nitrogens with zero attached hydrogens (tertiary/aromatic N) is 2. The van der Waals surface area contributed by atoms with Crippen LogP contribution in [-0.2, 0) is 9.53 Å². The van der Waals surface area contributed by atoms with E-state index in [9.17, 15) is 25.3 Å². The SMILES string of the molecule is NC(C(=O)N1CCC1)C1C(O)C2(O)COC(C2O)N1O. The number of likely N-dealkylation sites (tertiary alicyclic amines) is 1. The van der Waals surface area contributed by atoms with E-state index < -0.39 is 42.0 Å². The standard InChI is InChI=1S/C11H19N3O6/c12-5(9(17)13-2-1-3-13)6-7(15)11(18)4-20-10(8(11)16)14(6)19/h5-8,10,15-16,18-19H,1-4,12H2. The van der Waals surface area contributed by atoms with Crippen molar-refractivity contribution in [1.29, 1.82) is 0 Å². The molecule has 3 rings (SSSR count). The summed E-state index contributed by atoms with van der Waals surface area (Å²) >= 11 is 0. The molecule has 0 aliphatic carbocycles. The quantitative estimate of drug-likeness (QED) is 0.352. The van der Waals surface area contributed by atoms with Crippen molar-refractivity contribution in [2.45, 2.75) is 42.5 Å². The minimum absolute atomic E-state index is 0.335. The lowest BCUT2D eigenvalue weighted by molar-refractivity contribution is -0.297. The molecule has 0 aromatic heterocycles. The molecule has 1 amide bonds. The molecule has 6 atom stereocenters. The fourth-order valence-corrected chi connectivity index (χ4v) is 2.99. The third kappa shape index (κ3) is 1.72. The van der Waals surface area contributed by atoms with E-state index >= 15 is 0 Å². The Labute approximate surface area is 115 Å². The molecule has 20 heavy (non-hydrogen) atoms. The highest BCUT2D eigenvalue weighted by atomic mass is 16.6. The molecule has 6 N–H and O–H groups in total. The number of hydrogen-bond donors (Lipinski definition) is 5. The van der Waals surface area contributed by atoms with Crippen molar-refractivity contribution in [1.82, 2.24) is 9.96 Å². The number of hydrogen-bond acceptors (Lipinski definition) is 8. The van der Waals surface area contributed by atoms with E-state index in [1.807, 2.05) is 0 Å². The molecule has 0 aromatic rings. The number of nitrogens with two attached hydrogens (primary N) is 1. The molecule has 3 saturated heterocycles. The fraction of sp³-hybridized carbons (Fsp3) is 0.909. The van der Waals surface area contributed by atoms with Crippen LogP contribution in [0.1, 0.15) is 6.42 Å². The van der Waals surface area contributed by atoms with Gasteiger partial charge < -0.3 is 35.9 Å². The molecule has 6 unspecified atom stereocenters. The van der Waals surface area contributed by atoms with E-state index in [2.05, 4.69) is 0 Å². The Bertz CT molecular complexity index is 419. The van der Waals surface area contributed by atoms with Gasteiger partial charge in [-0.05, 0) is 6.42 Å². The summed E-state index contributed by atoms with van der Waals surface area (Å²) in [7, 11) is 0. The summed E-state index contributed by atoms with van der Waals surface area (Å²) in [5.74, 6) is -0.404. The minimum Gasteiger partial charge on any atom is -0.388 e. The number of amides is 1. The first-order valence-corrected chi connectivity index (χ1v) is 6.59. The first-order valence-electron chi connectivity index (χ1n) is 6.59. The Morgan fingerprint density at radius 3 is 2.55 bits per heavy atom. The maximum absolute atomic E-state index is 12.1. The second-order valence-corrected chi connectivity index (χ2v) is 5.66. The molecule has 2 bridgehead atoms. The number of carbonyl (C=O) groups is 1. The van der Waals surface area contributed by atoms with E-state index in [0.717, 1.165) is 6.42 Å². The molecule has 3 heterocycles. The lowest BCUT2D eigenvalue weighted by atomic mass is 9.80.